The molecule has 1 amide bonds. The van der Waals surface area contributed by atoms with Gasteiger partial charge in [0.05, 0.1) is 12.1 Å². The average molecular weight is 401 g/mol. The van der Waals surface area contributed by atoms with Crippen molar-refractivity contribution in [1.82, 2.24) is 26.1 Å². The van der Waals surface area contributed by atoms with Crippen molar-refractivity contribution in [2.45, 2.75) is 57.8 Å². The lowest BCUT2D eigenvalue weighted by Gasteiger charge is -2.37. The number of halogens is 1. The third-order valence-corrected chi connectivity index (χ3v) is 5.71. The van der Waals surface area contributed by atoms with Crippen LogP contribution in [0.4, 0.5) is 4.39 Å². The van der Waals surface area contributed by atoms with Gasteiger partial charge in [0.1, 0.15) is 17.8 Å². The Morgan fingerprint density at radius 3 is 2.86 bits per heavy atom. The Morgan fingerprint density at radius 1 is 1.31 bits per heavy atom. The second kappa shape index (κ2) is 8.41. The fourth-order valence-electron chi connectivity index (χ4n) is 4.04. The van der Waals surface area contributed by atoms with E-state index in [1.165, 1.54) is 12.1 Å². The Labute approximate surface area is 171 Å². The number of carbonyl (C=O) groups is 1. The summed E-state index contributed by atoms with van der Waals surface area (Å²) in [7, 11) is 0. The molecule has 29 heavy (non-hydrogen) atoms. The number of amides is 1. The molecule has 1 aromatic rings. The molecule has 3 heterocycles. The second-order valence-corrected chi connectivity index (χ2v) is 8.28. The minimum Gasteiger partial charge on any atom is -0.356 e. The van der Waals surface area contributed by atoms with Gasteiger partial charge in [0.15, 0.2) is 0 Å². The molecule has 3 unspecified atom stereocenters. The standard InChI is InChI=1S/C21H29FN6O/c1-14(2)9-10-23-20(29)8-7-19-24-25-21-18-13-17(15-3-5-16(22)6-4-15)26-28(18)12-11-27(19)21/h3-6,11-12,14,17-18,21,25-26H,7-10,13H2,1-2H3,(H,23,29). The zero-order valence-electron chi connectivity index (χ0n) is 16.9. The topological polar surface area (TPSA) is 72.0 Å². The molecule has 4 rings (SSSR count). The van der Waals surface area contributed by atoms with Crippen LogP contribution in [-0.4, -0.2) is 40.4 Å². The Hall–Kier alpha value is -2.61. The molecule has 0 saturated carbocycles. The van der Waals surface area contributed by atoms with Gasteiger partial charge in [-0.3, -0.25) is 10.2 Å². The number of hydrogen-bond donors (Lipinski definition) is 3. The molecule has 1 aromatic carbocycles. The molecule has 0 aromatic heterocycles. The quantitative estimate of drug-likeness (QED) is 0.656. The third-order valence-electron chi connectivity index (χ3n) is 5.71. The highest BCUT2D eigenvalue weighted by molar-refractivity contribution is 5.89. The summed E-state index contributed by atoms with van der Waals surface area (Å²) in [6.07, 6.45) is 6.93. The first-order valence-corrected chi connectivity index (χ1v) is 10.4. The van der Waals surface area contributed by atoms with Gasteiger partial charge in [-0.2, -0.15) is 5.10 Å². The Kier molecular flexibility index (Phi) is 5.71. The lowest BCUT2D eigenvalue weighted by molar-refractivity contribution is -0.121. The highest BCUT2D eigenvalue weighted by Gasteiger charge is 2.44. The summed E-state index contributed by atoms with van der Waals surface area (Å²) in [6, 6.07) is 6.97. The van der Waals surface area contributed by atoms with E-state index in [2.05, 4.69) is 45.0 Å². The molecule has 3 atom stereocenters. The van der Waals surface area contributed by atoms with Crippen LogP contribution in [-0.2, 0) is 4.79 Å². The fourth-order valence-corrected chi connectivity index (χ4v) is 4.04. The fraction of sp³-hybridized carbons (Fsp3) is 0.524. The van der Waals surface area contributed by atoms with E-state index in [1.54, 1.807) is 0 Å². The van der Waals surface area contributed by atoms with Gasteiger partial charge in [0.25, 0.3) is 0 Å². The van der Waals surface area contributed by atoms with E-state index >= 15 is 0 Å². The Bertz CT molecular complexity index is 793. The normalized spacial score (nSPS) is 25.0. The zero-order valence-corrected chi connectivity index (χ0v) is 16.9. The van der Waals surface area contributed by atoms with Crippen LogP contribution in [0.25, 0.3) is 0 Å². The van der Waals surface area contributed by atoms with E-state index in [9.17, 15) is 9.18 Å². The molecule has 3 N–H and O–H groups in total. The van der Waals surface area contributed by atoms with Crippen molar-refractivity contribution in [2.24, 2.45) is 11.0 Å². The Balaban J connectivity index is 1.31. The second-order valence-electron chi connectivity index (χ2n) is 8.28. The first-order valence-electron chi connectivity index (χ1n) is 10.4. The molecule has 7 nitrogen and oxygen atoms in total. The first-order chi connectivity index (χ1) is 14.0. The van der Waals surface area contributed by atoms with Gasteiger partial charge >= 0.3 is 0 Å². The van der Waals surface area contributed by atoms with Crippen LogP contribution in [0.1, 0.15) is 51.1 Å². The molecule has 0 bridgehead atoms. The van der Waals surface area contributed by atoms with Gasteiger partial charge in [-0.1, -0.05) is 26.0 Å². The summed E-state index contributed by atoms with van der Waals surface area (Å²) in [5.41, 5.74) is 7.78. The lowest BCUT2D eigenvalue weighted by Crippen LogP contribution is -2.54. The molecule has 1 fully saturated rings. The zero-order chi connectivity index (χ0) is 20.4. The predicted octanol–water partition coefficient (Wildman–Crippen LogP) is 2.42. The molecule has 3 aliphatic heterocycles. The average Bonchev–Trinajstić information content (AvgIpc) is 3.30. The molecule has 156 valence electrons. The van der Waals surface area contributed by atoms with Crippen molar-refractivity contribution in [3.8, 4) is 0 Å². The number of fused-ring (bicyclic) bond motifs is 3. The van der Waals surface area contributed by atoms with Crippen LogP contribution < -0.4 is 16.2 Å². The van der Waals surface area contributed by atoms with Crippen molar-refractivity contribution in [3.63, 3.8) is 0 Å². The number of hydrazone groups is 1. The van der Waals surface area contributed by atoms with Crippen LogP contribution in [0, 0.1) is 11.7 Å². The van der Waals surface area contributed by atoms with E-state index in [-0.39, 0.29) is 30.0 Å². The number of carbonyl (C=O) groups excluding carboxylic acids is 1. The molecular formula is C21H29FN6O. The Morgan fingerprint density at radius 2 is 2.10 bits per heavy atom. The monoisotopic (exact) mass is 400 g/mol. The van der Waals surface area contributed by atoms with Crippen molar-refractivity contribution in [3.05, 3.63) is 48.0 Å². The largest absolute Gasteiger partial charge is 0.356 e. The first kappa shape index (κ1) is 19.7. The number of hydrogen-bond acceptors (Lipinski definition) is 6. The number of rotatable bonds is 7. The molecule has 8 heteroatoms. The summed E-state index contributed by atoms with van der Waals surface area (Å²) in [5, 5.41) is 9.56. The van der Waals surface area contributed by atoms with Gasteiger partial charge in [0.2, 0.25) is 5.91 Å². The maximum Gasteiger partial charge on any atom is 0.220 e. The van der Waals surface area contributed by atoms with Gasteiger partial charge in [-0.15, -0.1) is 0 Å². The highest BCUT2D eigenvalue weighted by Crippen LogP contribution is 2.34. The number of benzene rings is 1. The molecule has 3 aliphatic rings. The summed E-state index contributed by atoms with van der Waals surface area (Å²) >= 11 is 0. The van der Waals surface area contributed by atoms with Gasteiger partial charge in [-0.05, 0) is 36.5 Å². The van der Waals surface area contributed by atoms with Crippen LogP contribution in [0.2, 0.25) is 0 Å². The summed E-state index contributed by atoms with van der Waals surface area (Å²) < 4.78 is 13.2. The van der Waals surface area contributed by atoms with Gasteiger partial charge in [-0.25, -0.2) is 9.82 Å². The van der Waals surface area contributed by atoms with Crippen molar-refractivity contribution in [2.75, 3.05) is 6.54 Å². The summed E-state index contributed by atoms with van der Waals surface area (Å²) in [6.45, 7) is 5.02. The van der Waals surface area contributed by atoms with E-state index in [0.29, 0.717) is 18.8 Å². The number of nitrogens with zero attached hydrogens (tertiary/aromatic N) is 3. The lowest BCUT2D eigenvalue weighted by atomic mass is 9.99. The van der Waals surface area contributed by atoms with Crippen LogP contribution >= 0.6 is 0 Å². The third kappa shape index (κ3) is 4.37. The minimum atomic E-state index is -0.223. The summed E-state index contributed by atoms with van der Waals surface area (Å²) in [4.78, 5) is 14.2. The number of nitrogens with one attached hydrogen (secondary N) is 3. The molecule has 0 aliphatic carbocycles. The predicted molar refractivity (Wildman–Crippen MR) is 110 cm³/mol. The minimum absolute atomic E-state index is 0.0250. The van der Waals surface area contributed by atoms with Crippen molar-refractivity contribution < 1.29 is 9.18 Å². The number of hydrazine groups is 1. The molecular weight excluding hydrogens is 371 g/mol. The maximum atomic E-state index is 13.2. The van der Waals surface area contributed by atoms with Crippen molar-refractivity contribution >= 4 is 11.7 Å². The number of amidine groups is 1. The molecule has 0 radical (unpaired) electrons. The van der Waals surface area contributed by atoms with E-state index in [0.717, 1.165) is 30.8 Å². The highest BCUT2D eigenvalue weighted by atomic mass is 19.1. The van der Waals surface area contributed by atoms with Gasteiger partial charge < -0.3 is 15.2 Å². The molecule has 0 spiro atoms. The van der Waals surface area contributed by atoms with Crippen LogP contribution in [0.5, 0.6) is 0 Å². The van der Waals surface area contributed by atoms with Crippen molar-refractivity contribution in [1.29, 1.82) is 0 Å². The van der Waals surface area contributed by atoms with Crippen LogP contribution in [0.15, 0.2) is 41.8 Å². The van der Waals surface area contributed by atoms with E-state index in [1.807, 2.05) is 24.5 Å². The smallest absolute Gasteiger partial charge is 0.220 e. The molecule has 1 saturated heterocycles. The SMILES string of the molecule is CC(C)CCNC(=O)CCC1=NNC2C3CC(c4ccc(F)cc4)NN3C=CN12. The summed E-state index contributed by atoms with van der Waals surface area (Å²) in [5.74, 6) is 1.31. The van der Waals surface area contributed by atoms with Gasteiger partial charge in [0, 0.05) is 31.8 Å². The van der Waals surface area contributed by atoms with E-state index in [4.69, 9.17) is 0 Å². The maximum absolute atomic E-state index is 13.2. The van der Waals surface area contributed by atoms with E-state index < -0.39 is 0 Å². The van der Waals surface area contributed by atoms with Crippen LogP contribution in [0.3, 0.4) is 0 Å².